The summed E-state index contributed by atoms with van der Waals surface area (Å²) in [6, 6.07) is 6.56. The van der Waals surface area contributed by atoms with E-state index in [1.165, 1.54) is 16.7 Å². The third-order valence-electron chi connectivity index (χ3n) is 2.96. The minimum atomic E-state index is -3.33. The molecule has 0 aliphatic rings. The van der Waals surface area contributed by atoms with Crippen LogP contribution in [0.15, 0.2) is 29.2 Å². The van der Waals surface area contributed by atoms with Gasteiger partial charge in [-0.3, -0.25) is 0 Å². The Morgan fingerprint density at radius 2 is 1.81 bits per heavy atom. The Kier molecular flexibility index (Phi) is 3.61. The predicted octanol–water partition coefficient (Wildman–Crippen LogP) is 3.14. The van der Waals surface area contributed by atoms with Gasteiger partial charge in [0.1, 0.15) is 5.60 Å². The van der Waals surface area contributed by atoms with Gasteiger partial charge in [0.05, 0.1) is 10.4 Å². The summed E-state index contributed by atoms with van der Waals surface area (Å²) in [5.41, 5.74) is 0.615. The number of benzene rings is 1. The first-order valence-electron chi connectivity index (χ1n) is 6.54. The monoisotopic (exact) mass is 309 g/mol. The van der Waals surface area contributed by atoms with Crippen molar-refractivity contribution in [2.45, 2.75) is 38.2 Å². The summed E-state index contributed by atoms with van der Waals surface area (Å²) < 4.78 is 30.1. The summed E-state index contributed by atoms with van der Waals surface area (Å²) in [5.74, 6) is 0. The number of sulfone groups is 1. The van der Waals surface area contributed by atoms with Gasteiger partial charge in [-0.2, -0.15) is 0 Å². The second kappa shape index (κ2) is 4.87. The van der Waals surface area contributed by atoms with Gasteiger partial charge in [0, 0.05) is 17.3 Å². The lowest BCUT2D eigenvalue weighted by Crippen LogP contribution is -2.27. The molecule has 0 radical (unpaired) electrons. The van der Waals surface area contributed by atoms with Crippen LogP contribution >= 0.6 is 0 Å². The normalized spacial score (nSPS) is 12.6. The average molecular weight is 309 g/mol. The van der Waals surface area contributed by atoms with Crippen LogP contribution in [-0.4, -0.2) is 30.9 Å². The molecule has 0 atom stereocenters. The van der Waals surface area contributed by atoms with Gasteiger partial charge in [-0.25, -0.2) is 17.8 Å². The summed E-state index contributed by atoms with van der Waals surface area (Å²) in [5, 5.41) is 0.797. The molecule has 0 spiro atoms. The second-order valence-corrected chi connectivity index (χ2v) is 8.11. The van der Waals surface area contributed by atoms with Gasteiger partial charge in [0.2, 0.25) is 0 Å². The third-order valence-corrected chi connectivity index (χ3v) is 4.07. The topological polar surface area (TPSA) is 65.4 Å². The lowest BCUT2D eigenvalue weighted by atomic mass is 10.2. The first-order chi connectivity index (χ1) is 9.49. The minimum absolute atomic E-state index is 0.179. The third kappa shape index (κ3) is 3.26. The van der Waals surface area contributed by atoms with E-state index in [1.54, 1.807) is 33.8 Å². The lowest BCUT2D eigenvalue weighted by Gasteiger charge is -2.20. The molecule has 0 bridgehead atoms. The molecule has 0 amide bonds. The van der Waals surface area contributed by atoms with E-state index in [0.717, 1.165) is 11.6 Å². The van der Waals surface area contributed by atoms with Crippen LogP contribution in [0.2, 0.25) is 0 Å². The Hall–Kier alpha value is -1.82. The zero-order valence-corrected chi connectivity index (χ0v) is 13.6. The van der Waals surface area contributed by atoms with Crippen LogP contribution < -0.4 is 0 Å². The Morgan fingerprint density at radius 3 is 2.33 bits per heavy atom. The van der Waals surface area contributed by atoms with E-state index in [9.17, 15) is 13.2 Å². The molecule has 114 valence electrons. The highest BCUT2D eigenvalue weighted by Crippen LogP contribution is 2.24. The van der Waals surface area contributed by atoms with Crippen molar-refractivity contribution < 1.29 is 17.9 Å². The first kappa shape index (κ1) is 15.6. The molecule has 2 aromatic rings. The van der Waals surface area contributed by atoms with Gasteiger partial charge >= 0.3 is 6.09 Å². The number of aryl methyl sites for hydroxylation is 1. The predicted molar refractivity (Wildman–Crippen MR) is 81.4 cm³/mol. The number of ether oxygens (including phenoxy) is 1. The fourth-order valence-electron chi connectivity index (χ4n) is 2.10. The van der Waals surface area contributed by atoms with E-state index in [0.29, 0.717) is 11.2 Å². The molecule has 1 aromatic heterocycles. The van der Waals surface area contributed by atoms with Crippen LogP contribution in [0.5, 0.6) is 0 Å². The van der Waals surface area contributed by atoms with Crippen LogP contribution in [0.3, 0.4) is 0 Å². The summed E-state index contributed by atoms with van der Waals surface area (Å²) in [6.45, 7) is 7.14. The van der Waals surface area contributed by atoms with Gasteiger partial charge < -0.3 is 4.74 Å². The molecule has 0 saturated heterocycles. The maximum atomic E-state index is 12.3. The van der Waals surface area contributed by atoms with Crippen molar-refractivity contribution in [2.75, 3.05) is 6.26 Å². The van der Waals surface area contributed by atoms with Crippen molar-refractivity contribution in [3.8, 4) is 0 Å². The number of carbonyl (C=O) groups excluding carboxylic acids is 1. The van der Waals surface area contributed by atoms with Gasteiger partial charge in [0.15, 0.2) is 9.84 Å². The van der Waals surface area contributed by atoms with Crippen LogP contribution in [0.4, 0.5) is 4.79 Å². The number of aromatic nitrogens is 1. The molecule has 0 aliphatic heterocycles. The van der Waals surface area contributed by atoms with Crippen LogP contribution in [-0.2, 0) is 14.6 Å². The average Bonchev–Trinajstić information content (AvgIpc) is 2.59. The summed E-state index contributed by atoms with van der Waals surface area (Å²) in [4.78, 5) is 12.5. The lowest BCUT2D eigenvalue weighted by molar-refractivity contribution is 0.0541. The molecule has 21 heavy (non-hydrogen) atoms. The smallest absolute Gasteiger partial charge is 0.419 e. The van der Waals surface area contributed by atoms with Crippen molar-refractivity contribution in [2.24, 2.45) is 0 Å². The van der Waals surface area contributed by atoms with E-state index in [4.69, 9.17) is 4.74 Å². The molecule has 0 fully saturated rings. The highest BCUT2D eigenvalue weighted by Gasteiger charge is 2.21. The summed E-state index contributed by atoms with van der Waals surface area (Å²) >= 11 is 0. The highest BCUT2D eigenvalue weighted by atomic mass is 32.2. The van der Waals surface area contributed by atoms with Crippen LogP contribution in [0.1, 0.15) is 26.5 Å². The minimum Gasteiger partial charge on any atom is -0.443 e. The van der Waals surface area contributed by atoms with E-state index < -0.39 is 21.5 Å². The van der Waals surface area contributed by atoms with E-state index in [1.807, 2.05) is 6.07 Å². The molecule has 0 aliphatic carbocycles. The van der Waals surface area contributed by atoms with Gasteiger partial charge in [-0.1, -0.05) is 6.07 Å². The fraction of sp³-hybridized carbons (Fsp3) is 0.400. The molecular formula is C15H19NO4S. The molecule has 1 heterocycles. The zero-order chi connectivity index (χ0) is 16.0. The molecule has 2 rings (SSSR count). The number of carbonyl (C=O) groups is 1. The van der Waals surface area contributed by atoms with Gasteiger partial charge in [-0.15, -0.1) is 0 Å². The number of hydrogen-bond donors (Lipinski definition) is 0. The Labute approximate surface area is 124 Å². The summed E-state index contributed by atoms with van der Waals surface area (Å²) in [6.07, 6.45) is 0.627. The van der Waals surface area contributed by atoms with Gasteiger partial charge in [0.25, 0.3) is 0 Å². The Balaban J connectivity index is 2.63. The van der Waals surface area contributed by atoms with E-state index in [-0.39, 0.29) is 4.90 Å². The molecule has 5 nitrogen and oxygen atoms in total. The van der Waals surface area contributed by atoms with Crippen molar-refractivity contribution in [1.82, 2.24) is 4.57 Å². The highest BCUT2D eigenvalue weighted by molar-refractivity contribution is 7.90. The molecule has 6 heteroatoms. The molecular weight excluding hydrogens is 290 g/mol. The van der Waals surface area contributed by atoms with Gasteiger partial charge in [-0.05, 0) is 45.9 Å². The quantitative estimate of drug-likeness (QED) is 0.811. The molecule has 1 aromatic carbocycles. The first-order valence-corrected chi connectivity index (χ1v) is 8.44. The maximum absolute atomic E-state index is 12.3. The Bertz CT molecular complexity index is 810. The van der Waals surface area contributed by atoms with Crippen molar-refractivity contribution in [1.29, 1.82) is 0 Å². The van der Waals surface area contributed by atoms with E-state index >= 15 is 0 Å². The number of rotatable bonds is 1. The second-order valence-electron chi connectivity index (χ2n) is 6.09. The fourth-order valence-corrected chi connectivity index (χ4v) is 2.74. The van der Waals surface area contributed by atoms with Crippen molar-refractivity contribution in [3.05, 3.63) is 30.0 Å². The summed E-state index contributed by atoms with van der Waals surface area (Å²) in [7, 11) is -3.33. The number of hydrogen-bond acceptors (Lipinski definition) is 4. The zero-order valence-electron chi connectivity index (χ0n) is 12.8. The van der Waals surface area contributed by atoms with Crippen molar-refractivity contribution in [3.63, 3.8) is 0 Å². The number of nitrogens with zero attached hydrogens (tertiary/aromatic N) is 1. The largest absolute Gasteiger partial charge is 0.443 e. The van der Waals surface area contributed by atoms with E-state index in [2.05, 4.69) is 0 Å². The van der Waals surface area contributed by atoms with Crippen molar-refractivity contribution >= 4 is 26.8 Å². The SMILES string of the molecule is Cc1cc2ccc(S(C)(=O)=O)cc2n1C(=O)OC(C)(C)C. The standard InChI is InChI=1S/C15H19NO4S/c1-10-8-11-6-7-12(21(5,18)19)9-13(11)16(10)14(17)20-15(2,3)4/h6-9H,1-5H3. The molecule has 0 unspecified atom stereocenters. The van der Waals surface area contributed by atoms with Crippen LogP contribution in [0, 0.1) is 6.92 Å². The maximum Gasteiger partial charge on any atom is 0.419 e. The Morgan fingerprint density at radius 1 is 1.19 bits per heavy atom. The molecule has 0 N–H and O–H groups in total. The molecule has 0 saturated carbocycles. The van der Waals surface area contributed by atoms with Crippen LogP contribution in [0.25, 0.3) is 10.9 Å². The number of fused-ring (bicyclic) bond motifs is 1.